The molecule has 0 atom stereocenters. The maximum atomic E-state index is 11.5. The van der Waals surface area contributed by atoms with Gasteiger partial charge in [-0.2, -0.15) is 0 Å². The highest BCUT2D eigenvalue weighted by Crippen LogP contribution is 2.05. The second-order valence-electron chi connectivity index (χ2n) is 3.35. The van der Waals surface area contributed by atoms with Crippen LogP contribution in [0.15, 0.2) is 29.4 Å². The van der Waals surface area contributed by atoms with Gasteiger partial charge in [0, 0.05) is 12.4 Å². The highest BCUT2D eigenvalue weighted by atomic mass is 32.2. The van der Waals surface area contributed by atoms with Crippen LogP contribution in [0.25, 0.3) is 0 Å². The van der Waals surface area contributed by atoms with E-state index in [4.69, 9.17) is 0 Å². The standard InChI is InChI=1S/C9H12N2O4S/c1-7(2)9(12)15-11-16(13,14)8-4-3-5-10-6-8/h3-7,11H,1-2H3. The largest absolute Gasteiger partial charge is 0.355 e. The highest BCUT2D eigenvalue weighted by molar-refractivity contribution is 7.89. The lowest BCUT2D eigenvalue weighted by atomic mass is 10.2. The van der Waals surface area contributed by atoms with Gasteiger partial charge in [0.15, 0.2) is 0 Å². The molecule has 1 N–H and O–H groups in total. The van der Waals surface area contributed by atoms with Crippen LogP contribution in [0.3, 0.4) is 0 Å². The number of nitrogens with one attached hydrogen (secondary N) is 1. The molecule has 0 aliphatic carbocycles. The Hall–Kier alpha value is -1.47. The van der Waals surface area contributed by atoms with Gasteiger partial charge in [-0.15, -0.1) is 0 Å². The zero-order chi connectivity index (χ0) is 12.2. The summed E-state index contributed by atoms with van der Waals surface area (Å²) in [4.78, 5) is 20.8. The lowest BCUT2D eigenvalue weighted by Crippen LogP contribution is -2.29. The van der Waals surface area contributed by atoms with Gasteiger partial charge in [-0.1, -0.05) is 13.8 Å². The van der Waals surface area contributed by atoms with Gasteiger partial charge in [0.05, 0.1) is 5.92 Å². The zero-order valence-electron chi connectivity index (χ0n) is 8.88. The number of nitrogens with zero attached hydrogens (tertiary/aromatic N) is 1. The Balaban J connectivity index is 2.71. The van der Waals surface area contributed by atoms with E-state index in [2.05, 4.69) is 9.82 Å². The zero-order valence-corrected chi connectivity index (χ0v) is 9.69. The lowest BCUT2D eigenvalue weighted by molar-refractivity contribution is -0.150. The molecule has 0 aliphatic rings. The van der Waals surface area contributed by atoms with Gasteiger partial charge in [0.25, 0.3) is 10.0 Å². The molecule has 0 amide bonds. The van der Waals surface area contributed by atoms with Crippen molar-refractivity contribution in [2.24, 2.45) is 5.92 Å². The second-order valence-corrected chi connectivity index (χ2v) is 5.00. The summed E-state index contributed by atoms with van der Waals surface area (Å²) in [6.07, 6.45) is 2.60. The summed E-state index contributed by atoms with van der Waals surface area (Å²) in [5.41, 5.74) is 0. The van der Waals surface area contributed by atoms with Crippen molar-refractivity contribution in [3.63, 3.8) is 0 Å². The van der Waals surface area contributed by atoms with Gasteiger partial charge in [-0.05, 0) is 17.0 Å². The van der Waals surface area contributed by atoms with Gasteiger partial charge in [0.2, 0.25) is 0 Å². The third-order valence-electron chi connectivity index (χ3n) is 1.67. The van der Waals surface area contributed by atoms with Crippen LogP contribution in [-0.4, -0.2) is 19.4 Å². The molecule has 1 aromatic rings. The summed E-state index contributed by atoms with van der Waals surface area (Å²) in [7, 11) is -3.84. The number of aromatic nitrogens is 1. The molecular formula is C9H12N2O4S. The summed E-state index contributed by atoms with van der Waals surface area (Å²) in [6, 6.07) is 2.82. The van der Waals surface area contributed by atoms with E-state index in [-0.39, 0.29) is 4.90 Å². The fourth-order valence-electron chi connectivity index (χ4n) is 0.768. The van der Waals surface area contributed by atoms with E-state index in [9.17, 15) is 13.2 Å². The fraction of sp³-hybridized carbons (Fsp3) is 0.333. The number of sulfonamides is 1. The molecule has 0 spiro atoms. The van der Waals surface area contributed by atoms with Crippen molar-refractivity contribution in [1.29, 1.82) is 0 Å². The van der Waals surface area contributed by atoms with E-state index in [1.165, 1.54) is 18.3 Å². The predicted octanol–water partition coefficient (Wildman–Crippen LogP) is 0.474. The molecule has 16 heavy (non-hydrogen) atoms. The van der Waals surface area contributed by atoms with Gasteiger partial charge in [-0.25, -0.2) is 8.42 Å². The number of rotatable bonds is 4. The molecule has 1 rings (SSSR count). The van der Waals surface area contributed by atoms with E-state index in [1.807, 2.05) is 0 Å². The van der Waals surface area contributed by atoms with Crippen molar-refractivity contribution < 1.29 is 18.0 Å². The second kappa shape index (κ2) is 5.04. The summed E-state index contributed by atoms with van der Waals surface area (Å²) in [5.74, 6) is -1.05. The van der Waals surface area contributed by atoms with Crippen molar-refractivity contribution in [1.82, 2.24) is 9.87 Å². The Morgan fingerprint density at radius 2 is 2.19 bits per heavy atom. The van der Waals surface area contributed by atoms with Gasteiger partial charge in [-0.3, -0.25) is 9.78 Å². The number of carbonyl (C=O) groups excluding carboxylic acids is 1. The Morgan fingerprint density at radius 3 is 2.69 bits per heavy atom. The molecule has 7 heteroatoms. The van der Waals surface area contributed by atoms with Crippen LogP contribution in [0, 0.1) is 5.92 Å². The van der Waals surface area contributed by atoms with Crippen molar-refractivity contribution in [3.05, 3.63) is 24.5 Å². The minimum Gasteiger partial charge on any atom is -0.355 e. The van der Waals surface area contributed by atoms with Gasteiger partial charge >= 0.3 is 5.97 Å². The number of hydrogen-bond acceptors (Lipinski definition) is 5. The molecule has 0 saturated heterocycles. The van der Waals surface area contributed by atoms with Crippen LogP contribution >= 0.6 is 0 Å². The molecule has 0 radical (unpaired) electrons. The van der Waals surface area contributed by atoms with Gasteiger partial charge < -0.3 is 4.84 Å². The molecule has 0 aromatic carbocycles. The van der Waals surface area contributed by atoms with E-state index in [0.29, 0.717) is 0 Å². The average molecular weight is 244 g/mol. The molecule has 6 nitrogen and oxygen atoms in total. The van der Waals surface area contributed by atoms with E-state index < -0.39 is 21.9 Å². The van der Waals surface area contributed by atoms with Crippen molar-refractivity contribution in [3.8, 4) is 0 Å². The summed E-state index contributed by atoms with van der Waals surface area (Å²) in [5, 5.41) is 0. The third-order valence-corrected chi connectivity index (χ3v) is 2.83. The lowest BCUT2D eigenvalue weighted by Gasteiger charge is -2.07. The first kappa shape index (κ1) is 12.6. The first-order valence-corrected chi connectivity index (χ1v) is 6.04. The molecule has 0 unspecified atom stereocenters. The molecule has 1 heterocycles. The fourth-order valence-corrected chi connectivity index (χ4v) is 1.51. The highest BCUT2D eigenvalue weighted by Gasteiger charge is 2.17. The van der Waals surface area contributed by atoms with Crippen molar-refractivity contribution >= 4 is 16.0 Å². The molecule has 0 saturated carbocycles. The molecular weight excluding hydrogens is 232 g/mol. The molecule has 88 valence electrons. The van der Waals surface area contributed by atoms with Crippen LogP contribution in [0.4, 0.5) is 0 Å². The first-order chi connectivity index (χ1) is 7.43. The number of pyridine rings is 1. The predicted molar refractivity (Wildman–Crippen MR) is 55.5 cm³/mol. The van der Waals surface area contributed by atoms with Crippen LogP contribution < -0.4 is 4.89 Å². The Labute approximate surface area is 93.7 Å². The van der Waals surface area contributed by atoms with E-state index in [0.717, 1.165) is 6.20 Å². The minimum absolute atomic E-state index is 0.0634. The molecule has 1 aromatic heterocycles. The number of carbonyl (C=O) groups is 1. The summed E-state index contributed by atoms with van der Waals surface area (Å²) in [6.45, 7) is 3.20. The van der Waals surface area contributed by atoms with Crippen LogP contribution in [0.1, 0.15) is 13.8 Å². The normalized spacial score (nSPS) is 11.4. The maximum Gasteiger partial charge on any atom is 0.328 e. The van der Waals surface area contributed by atoms with Crippen LogP contribution in [0.2, 0.25) is 0 Å². The molecule has 0 fully saturated rings. The van der Waals surface area contributed by atoms with Crippen LogP contribution in [-0.2, 0) is 19.7 Å². The van der Waals surface area contributed by atoms with Crippen molar-refractivity contribution in [2.75, 3.05) is 0 Å². The topological polar surface area (TPSA) is 85.4 Å². The van der Waals surface area contributed by atoms with E-state index in [1.54, 1.807) is 18.7 Å². The maximum absolute atomic E-state index is 11.5. The Bertz CT molecular complexity index is 456. The molecule has 0 bridgehead atoms. The van der Waals surface area contributed by atoms with E-state index >= 15 is 0 Å². The van der Waals surface area contributed by atoms with Gasteiger partial charge in [0.1, 0.15) is 4.90 Å². The average Bonchev–Trinajstić information content (AvgIpc) is 2.27. The van der Waals surface area contributed by atoms with Crippen molar-refractivity contribution in [2.45, 2.75) is 18.7 Å². The smallest absolute Gasteiger partial charge is 0.328 e. The summed E-state index contributed by atoms with van der Waals surface area (Å²) >= 11 is 0. The summed E-state index contributed by atoms with van der Waals surface area (Å²) < 4.78 is 23.1. The number of hydrogen-bond donors (Lipinski definition) is 1. The molecule has 0 aliphatic heterocycles. The SMILES string of the molecule is CC(C)C(=O)ONS(=O)(=O)c1cccnc1. The third kappa shape index (κ3) is 3.28. The van der Waals surface area contributed by atoms with Crippen LogP contribution in [0.5, 0.6) is 0 Å². The minimum atomic E-state index is -3.84. The monoisotopic (exact) mass is 244 g/mol. The Morgan fingerprint density at radius 1 is 1.50 bits per heavy atom. The Kier molecular flexibility index (Phi) is 3.97. The quantitative estimate of drug-likeness (QED) is 0.778. The first-order valence-electron chi connectivity index (χ1n) is 4.56.